The Morgan fingerprint density at radius 3 is 2.77 bits per heavy atom. The summed E-state index contributed by atoms with van der Waals surface area (Å²) in [5.41, 5.74) is 8.75. The van der Waals surface area contributed by atoms with Crippen LogP contribution in [0, 0.1) is 12.7 Å². The summed E-state index contributed by atoms with van der Waals surface area (Å²) in [7, 11) is 0. The molecule has 0 radical (unpaired) electrons. The van der Waals surface area contributed by atoms with Gasteiger partial charge in [0, 0.05) is 29.2 Å². The van der Waals surface area contributed by atoms with Crippen LogP contribution in [0.3, 0.4) is 0 Å². The molecule has 6 rings (SSSR count). The Morgan fingerprint density at radius 1 is 1.25 bits per heavy atom. The van der Waals surface area contributed by atoms with E-state index in [2.05, 4.69) is 10.6 Å². The molecule has 13 heteroatoms. The summed E-state index contributed by atoms with van der Waals surface area (Å²) in [6.07, 6.45) is 1.61. The molecule has 0 saturated heterocycles. The number of esters is 1. The van der Waals surface area contributed by atoms with Crippen molar-refractivity contribution in [2.24, 2.45) is 5.73 Å². The number of pyridine rings is 2. The number of fused-ring (bicyclic) bond motifs is 5. The molecule has 1 saturated carbocycles. The summed E-state index contributed by atoms with van der Waals surface area (Å²) in [4.78, 5) is 54.4. The summed E-state index contributed by atoms with van der Waals surface area (Å²) in [5, 5.41) is 16.5. The van der Waals surface area contributed by atoms with E-state index in [4.69, 9.17) is 20.2 Å². The molecule has 2 aliphatic heterocycles. The number of ether oxygens (including phenoxy) is 2. The zero-order chi connectivity index (χ0) is 31.3. The molecule has 4 heterocycles. The second-order valence-corrected chi connectivity index (χ2v) is 11.8. The largest absolute Gasteiger partial charge is 0.458 e. The van der Waals surface area contributed by atoms with Crippen LogP contribution in [0.1, 0.15) is 66.5 Å². The van der Waals surface area contributed by atoms with Gasteiger partial charge in [-0.25, -0.2) is 14.2 Å². The molecule has 1 fully saturated rings. The first kappa shape index (κ1) is 29.9. The van der Waals surface area contributed by atoms with Crippen LogP contribution in [0.4, 0.5) is 4.39 Å². The van der Waals surface area contributed by atoms with Gasteiger partial charge in [0.05, 0.1) is 34.6 Å². The minimum atomic E-state index is -1.56. The number of aliphatic hydroxyl groups excluding tert-OH is 1. The number of cyclic esters (lactones) is 1. The third-order valence-electron chi connectivity index (χ3n) is 8.65. The van der Waals surface area contributed by atoms with E-state index in [1.54, 1.807) is 30.5 Å². The van der Waals surface area contributed by atoms with Gasteiger partial charge in [0.2, 0.25) is 11.8 Å². The molecule has 12 nitrogen and oxygen atoms in total. The Balaban J connectivity index is 1.14. The van der Waals surface area contributed by atoms with Crippen molar-refractivity contribution in [2.45, 2.75) is 76.8 Å². The number of carbonyl (C=O) groups excluding carboxylic acids is 3. The topological polar surface area (TPSA) is 175 Å². The Morgan fingerprint density at radius 2 is 2.02 bits per heavy atom. The number of nitrogens with two attached hydrogens (primary N) is 1. The van der Waals surface area contributed by atoms with E-state index >= 15 is 0 Å². The lowest BCUT2D eigenvalue weighted by Gasteiger charge is -2.21. The number of benzene rings is 1. The van der Waals surface area contributed by atoms with Crippen molar-refractivity contribution >= 4 is 28.7 Å². The molecule has 2 amide bonds. The Hall–Kier alpha value is -4.20. The zero-order valence-corrected chi connectivity index (χ0v) is 24.5. The Bertz CT molecular complexity index is 1770. The van der Waals surface area contributed by atoms with Gasteiger partial charge in [0.15, 0.2) is 6.10 Å². The second-order valence-electron chi connectivity index (χ2n) is 11.8. The van der Waals surface area contributed by atoms with E-state index in [9.17, 15) is 28.7 Å². The summed E-state index contributed by atoms with van der Waals surface area (Å²) in [6, 6.07) is 4.02. The fourth-order valence-corrected chi connectivity index (χ4v) is 5.74. The molecule has 0 bridgehead atoms. The van der Waals surface area contributed by atoms with E-state index in [0.29, 0.717) is 61.2 Å². The molecule has 2 aromatic heterocycles. The number of nitrogens with zero attached hydrogens (tertiary/aromatic N) is 2. The SMILES string of the molecule is Cc1cc2c(CCCCOCNC(=O)[C@H](C)NC(=O)C3(N)CC3)c3c(nc2cc1F)-c1cc2c(c(=O)n1C3)COC(=O)[C@H]2O. The summed E-state index contributed by atoms with van der Waals surface area (Å²) in [5.74, 6) is -1.91. The molecule has 3 aliphatic rings. The first-order valence-corrected chi connectivity index (χ1v) is 14.7. The lowest BCUT2D eigenvalue weighted by molar-refractivity contribution is -0.157. The van der Waals surface area contributed by atoms with Gasteiger partial charge in [0.25, 0.3) is 5.56 Å². The number of aromatic nitrogens is 2. The average molecular weight is 608 g/mol. The van der Waals surface area contributed by atoms with E-state index in [1.807, 2.05) is 0 Å². The predicted molar refractivity (Wildman–Crippen MR) is 156 cm³/mol. The van der Waals surface area contributed by atoms with Crippen molar-refractivity contribution in [3.63, 3.8) is 0 Å². The number of rotatable bonds is 10. The highest BCUT2D eigenvalue weighted by Crippen LogP contribution is 2.39. The second kappa shape index (κ2) is 11.4. The third kappa shape index (κ3) is 5.35. The molecular weight excluding hydrogens is 573 g/mol. The monoisotopic (exact) mass is 607 g/mol. The number of amides is 2. The van der Waals surface area contributed by atoms with Gasteiger partial charge >= 0.3 is 5.97 Å². The highest BCUT2D eigenvalue weighted by atomic mass is 19.1. The lowest BCUT2D eigenvalue weighted by Crippen LogP contribution is -2.51. The standard InChI is InChI=1S/C31H34FN5O7/c1-15-9-18-17(5-3-4-8-43-14-34-27(39)16(2)35-30(42)31(33)6-7-31)20-12-37-24(25(20)36-23(18)11-22(15)32)10-19-21(28(37)40)13-44-29(41)26(19)38/h9-11,16,26,38H,3-8,12-14,33H2,1-2H3,(H,34,39)(H,35,42)/t16-,26-/m0/s1. The van der Waals surface area contributed by atoms with Crippen molar-refractivity contribution in [1.29, 1.82) is 0 Å². The predicted octanol–water partition coefficient (Wildman–Crippen LogP) is 1.37. The quantitative estimate of drug-likeness (QED) is 0.118. The van der Waals surface area contributed by atoms with Crippen LogP contribution in [0.15, 0.2) is 23.0 Å². The Kier molecular flexibility index (Phi) is 7.72. The molecule has 232 valence electrons. The highest BCUT2D eigenvalue weighted by molar-refractivity contribution is 5.93. The van der Waals surface area contributed by atoms with Gasteiger partial charge in [-0.2, -0.15) is 0 Å². The number of carbonyl (C=O) groups is 3. The average Bonchev–Trinajstić information content (AvgIpc) is 3.65. The highest BCUT2D eigenvalue weighted by Gasteiger charge is 2.46. The molecule has 1 aromatic carbocycles. The summed E-state index contributed by atoms with van der Waals surface area (Å²) < 4.78 is 26.7. The smallest absolute Gasteiger partial charge is 0.340 e. The van der Waals surface area contributed by atoms with Crippen LogP contribution in [-0.4, -0.2) is 57.4 Å². The number of aliphatic hydroxyl groups is 1. The maximum absolute atomic E-state index is 14.6. The van der Waals surface area contributed by atoms with Gasteiger partial charge in [0.1, 0.15) is 25.2 Å². The molecule has 3 aromatic rings. The van der Waals surface area contributed by atoms with E-state index in [-0.39, 0.29) is 48.4 Å². The fraction of sp³-hybridized carbons (Fsp3) is 0.452. The Labute approximate surface area is 251 Å². The molecular formula is C31H34FN5O7. The molecule has 0 spiro atoms. The normalized spacial score (nSPS) is 18.2. The number of aryl methyl sites for hydroxylation is 2. The fourth-order valence-electron chi connectivity index (χ4n) is 5.74. The van der Waals surface area contributed by atoms with E-state index < -0.39 is 29.5 Å². The van der Waals surface area contributed by atoms with Crippen LogP contribution in [0.2, 0.25) is 0 Å². The number of hydrogen-bond donors (Lipinski definition) is 4. The minimum Gasteiger partial charge on any atom is -0.458 e. The zero-order valence-electron chi connectivity index (χ0n) is 24.5. The molecule has 1 aliphatic carbocycles. The lowest BCUT2D eigenvalue weighted by atomic mass is 9.94. The molecule has 44 heavy (non-hydrogen) atoms. The molecule has 0 unspecified atom stereocenters. The van der Waals surface area contributed by atoms with Crippen molar-refractivity contribution in [1.82, 2.24) is 20.2 Å². The maximum Gasteiger partial charge on any atom is 0.340 e. The number of hydrogen-bond acceptors (Lipinski definition) is 9. The number of halogens is 1. The van der Waals surface area contributed by atoms with Crippen LogP contribution < -0.4 is 21.9 Å². The number of nitrogens with one attached hydrogen (secondary N) is 2. The van der Waals surface area contributed by atoms with Crippen LogP contribution in [-0.2, 0) is 43.4 Å². The summed E-state index contributed by atoms with van der Waals surface area (Å²) >= 11 is 0. The van der Waals surface area contributed by atoms with Gasteiger partial charge in [-0.05, 0) is 69.2 Å². The van der Waals surface area contributed by atoms with Crippen LogP contribution >= 0.6 is 0 Å². The van der Waals surface area contributed by atoms with Crippen molar-refractivity contribution in [3.05, 3.63) is 62.2 Å². The van der Waals surface area contributed by atoms with Crippen LogP contribution in [0.5, 0.6) is 0 Å². The summed E-state index contributed by atoms with van der Waals surface area (Å²) in [6.45, 7) is 3.66. The van der Waals surface area contributed by atoms with Crippen molar-refractivity contribution in [3.8, 4) is 11.4 Å². The van der Waals surface area contributed by atoms with Crippen molar-refractivity contribution in [2.75, 3.05) is 13.3 Å². The minimum absolute atomic E-state index is 0.0141. The first-order chi connectivity index (χ1) is 21.0. The van der Waals surface area contributed by atoms with E-state index in [0.717, 1.165) is 16.5 Å². The van der Waals surface area contributed by atoms with Gasteiger partial charge in [-0.3, -0.25) is 14.4 Å². The number of unbranched alkanes of at least 4 members (excludes halogenated alkanes) is 1. The molecule has 2 atom stereocenters. The van der Waals surface area contributed by atoms with Gasteiger partial charge in [-0.15, -0.1) is 0 Å². The van der Waals surface area contributed by atoms with Crippen molar-refractivity contribution < 1.29 is 33.4 Å². The van der Waals surface area contributed by atoms with Crippen LogP contribution in [0.25, 0.3) is 22.3 Å². The van der Waals surface area contributed by atoms with Gasteiger partial charge < -0.3 is 35.5 Å². The molecule has 5 N–H and O–H groups in total. The first-order valence-electron chi connectivity index (χ1n) is 14.7. The third-order valence-corrected chi connectivity index (χ3v) is 8.65. The van der Waals surface area contributed by atoms with E-state index in [1.165, 1.54) is 6.07 Å². The maximum atomic E-state index is 14.6. The van der Waals surface area contributed by atoms with Gasteiger partial charge in [-0.1, -0.05) is 0 Å².